The van der Waals surface area contributed by atoms with E-state index >= 15 is 0 Å². The Labute approximate surface area is 101 Å². The Kier molecular flexibility index (Phi) is 3.64. The molecule has 1 aromatic rings. The Hall–Kier alpha value is -1.55. The van der Waals surface area contributed by atoms with Crippen LogP contribution in [0.25, 0.3) is 0 Å². The number of cyclic esters (lactones) is 1. The molecule has 2 N–H and O–H groups in total. The summed E-state index contributed by atoms with van der Waals surface area (Å²) in [5, 5.41) is 0. The first-order chi connectivity index (χ1) is 8.18. The van der Waals surface area contributed by atoms with Gasteiger partial charge in [-0.2, -0.15) is 0 Å². The van der Waals surface area contributed by atoms with Crippen LogP contribution < -0.4 is 5.73 Å². The summed E-state index contributed by atoms with van der Waals surface area (Å²) in [6, 6.07) is 7.85. The number of amides is 1. The molecule has 0 saturated carbocycles. The van der Waals surface area contributed by atoms with E-state index in [-0.39, 0.29) is 12.1 Å². The van der Waals surface area contributed by atoms with Crippen LogP contribution in [0.15, 0.2) is 24.3 Å². The quantitative estimate of drug-likeness (QED) is 0.868. The highest BCUT2D eigenvalue weighted by atomic mass is 16.6. The SMILES string of the molecule is Cc1ccccc1C(N)CN1CCCOC1=O. The van der Waals surface area contributed by atoms with Crippen molar-refractivity contribution in [3.63, 3.8) is 0 Å². The molecule has 1 fully saturated rings. The molecular formula is C13H18N2O2. The first-order valence-corrected chi connectivity index (χ1v) is 5.91. The lowest BCUT2D eigenvalue weighted by atomic mass is 10.0. The van der Waals surface area contributed by atoms with Crippen molar-refractivity contribution in [1.29, 1.82) is 0 Å². The monoisotopic (exact) mass is 234 g/mol. The lowest BCUT2D eigenvalue weighted by molar-refractivity contribution is 0.0706. The summed E-state index contributed by atoms with van der Waals surface area (Å²) in [6.45, 7) is 3.81. The fraction of sp³-hybridized carbons (Fsp3) is 0.462. The van der Waals surface area contributed by atoms with E-state index in [0.29, 0.717) is 13.2 Å². The first-order valence-electron chi connectivity index (χ1n) is 5.91. The Morgan fingerprint density at radius 1 is 1.47 bits per heavy atom. The standard InChI is InChI=1S/C13H18N2O2/c1-10-5-2-3-6-11(10)12(14)9-15-7-4-8-17-13(15)16/h2-3,5-6,12H,4,7-9,14H2,1H3. The van der Waals surface area contributed by atoms with E-state index in [1.807, 2.05) is 31.2 Å². The maximum Gasteiger partial charge on any atom is 0.409 e. The number of carbonyl (C=O) groups excluding carboxylic acids is 1. The van der Waals surface area contributed by atoms with Gasteiger partial charge in [0.25, 0.3) is 0 Å². The average Bonchev–Trinajstić information content (AvgIpc) is 2.32. The van der Waals surface area contributed by atoms with Crippen LogP contribution in [-0.4, -0.2) is 30.7 Å². The summed E-state index contributed by atoms with van der Waals surface area (Å²) in [5.41, 5.74) is 8.39. The summed E-state index contributed by atoms with van der Waals surface area (Å²) in [5.74, 6) is 0. The Bertz CT molecular complexity index is 406. The molecule has 0 aromatic heterocycles. The number of hydrogen-bond acceptors (Lipinski definition) is 3. The highest BCUT2D eigenvalue weighted by molar-refractivity contribution is 5.68. The van der Waals surface area contributed by atoms with E-state index in [1.54, 1.807) is 4.90 Å². The average molecular weight is 234 g/mol. The van der Waals surface area contributed by atoms with Crippen LogP contribution in [-0.2, 0) is 4.74 Å². The maximum atomic E-state index is 11.5. The van der Waals surface area contributed by atoms with Gasteiger partial charge in [-0.3, -0.25) is 0 Å². The van der Waals surface area contributed by atoms with Crippen molar-refractivity contribution in [1.82, 2.24) is 4.90 Å². The molecule has 1 aliphatic heterocycles. The minimum Gasteiger partial charge on any atom is -0.449 e. The van der Waals surface area contributed by atoms with Crippen LogP contribution in [0.2, 0.25) is 0 Å². The second-order valence-corrected chi connectivity index (χ2v) is 4.38. The van der Waals surface area contributed by atoms with Crippen molar-refractivity contribution in [2.45, 2.75) is 19.4 Å². The first kappa shape index (κ1) is 11.9. The molecule has 0 spiro atoms. The van der Waals surface area contributed by atoms with Crippen molar-refractivity contribution < 1.29 is 9.53 Å². The van der Waals surface area contributed by atoms with Gasteiger partial charge >= 0.3 is 6.09 Å². The fourth-order valence-electron chi connectivity index (χ4n) is 2.10. The summed E-state index contributed by atoms with van der Waals surface area (Å²) in [4.78, 5) is 13.2. The van der Waals surface area contributed by atoms with Gasteiger partial charge in [-0.1, -0.05) is 24.3 Å². The molecule has 0 bridgehead atoms. The molecular weight excluding hydrogens is 216 g/mol. The lowest BCUT2D eigenvalue weighted by Gasteiger charge is -2.29. The van der Waals surface area contributed by atoms with Gasteiger partial charge < -0.3 is 15.4 Å². The summed E-state index contributed by atoms with van der Waals surface area (Å²) in [7, 11) is 0. The highest BCUT2D eigenvalue weighted by Crippen LogP contribution is 2.17. The van der Waals surface area contributed by atoms with E-state index in [0.717, 1.165) is 24.1 Å². The van der Waals surface area contributed by atoms with Crippen molar-refractivity contribution >= 4 is 6.09 Å². The largest absolute Gasteiger partial charge is 0.449 e. The molecule has 1 aromatic carbocycles. The van der Waals surface area contributed by atoms with Crippen molar-refractivity contribution in [3.8, 4) is 0 Å². The van der Waals surface area contributed by atoms with Gasteiger partial charge in [-0.15, -0.1) is 0 Å². The maximum absolute atomic E-state index is 11.5. The molecule has 1 aliphatic rings. The molecule has 0 radical (unpaired) electrons. The predicted molar refractivity (Wildman–Crippen MR) is 65.6 cm³/mol. The van der Waals surface area contributed by atoms with Crippen molar-refractivity contribution in [3.05, 3.63) is 35.4 Å². The second kappa shape index (κ2) is 5.19. The predicted octanol–water partition coefficient (Wildman–Crippen LogP) is 1.84. The second-order valence-electron chi connectivity index (χ2n) is 4.38. The Morgan fingerprint density at radius 2 is 2.24 bits per heavy atom. The van der Waals surface area contributed by atoms with Crippen LogP contribution >= 0.6 is 0 Å². The number of rotatable bonds is 3. The van der Waals surface area contributed by atoms with Gasteiger partial charge in [0.2, 0.25) is 0 Å². The van der Waals surface area contributed by atoms with Crippen LogP contribution in [0.1, 0.15) is 23.6 Å². The Balaban J connectivity index is 2.03. The molecule has 4 heteroatoms. The van der Waals surface area contributed by atoms with E-state index in [1.165, 1.54) is 0 Å². The van der Waals surface area contributed by atoms with Crippen LogP contribution in [0.4, 0.5) is 4.79 Å². The van der Waals surface area contributed by atoms with E-state index in [9.17, 15) is 4.79 Å². The molecule has 1 saturated heterocycles. The molecule has 4 nitrogen and oxygen atoms in total. The van der Waals surface area contributed by atoms with E-state index < -0.39 is 0 Å². The Morgan fingerprint density at radius 3 is 2.94 bits per heavy atom. The smallest absolute Gasteiger partial charge is 0.409 e. The van der Waals surface area contributed by atoms with E-state index in [4.69, 9.17) is 10.5 Å². The summed E-state index contributed by atoms with van der Waals surface area (Å²) in [6.07, 6.45) is 0.631. The zero-order chi connectivity index (χ0) is 12.3. The third-order valence-electron chi connectivity index (χ3n) is 3.06. The number of hydrogen-bond donors (Lipinski definition) is 1. The van der Waals surface area contributed by atoms with Crippen LogP contribution in [0.3, 0.4) is 0 Å². The molecule has 92 valence electrons. The van der Waals surface area contributed by atoms with Crippen molar-refractivity contribution in [2.75, 3.05) is 19.7 Å². The fourth-order valence-corrected chi connectivity index (χ4v) is 2.10. The third-order valence-corrected chi connectivity index (χ3v) is 3.06. The highest BCUT2D eigenvalue weighted by Gasteiger charge is 2.22. The van der Waals surface area contributed by atoms with E-state index in [2.05, 4.69) is 0 Å². The van der Waals surface area contributed by atoms with Gasteiger partial charge in [0.05, 0.1) is 6.61 Å². The topological polar surface area (TPSA) is 55.6 Å². The van der Waals surface area contributed by atoms with Crippen LogP contribution in [0.5, 0.6) is 0 Å². The molecule has 1 atom stereocenters. The molecule has 17 heavy (non-hydrogen) atoms. The zero-order valence-electron chi connectivity index (χ0n) is 10.1. The molecule has 1 heterocycles. The third kappa shape index (κ3) is 2.77. The number of ether oxygens (including phenoxy) is 1. The number of aryl methyl sites for hydroxylation is 1. The lowest BCUT2D eigenvalue weighted by Crippen LogP contribution is -2.41. The van der Waals surface area contributed by atoms with Crippen molar-refractivity contribution in [2.24, 2.45) is 5.73 Å². The number of nitrogens with zero attached hydrogens (tertiary/aromatic N) is 1. The van der Waals surface area contributed by atoms with Gasteiger partial charge in [-0.25, -0.2) is 4.79 Å². The molecule has 1 amide bonds. The van der Waals surface area contributed by atoms with Gasteiger partial charge in [0.15, 0.2) is 0 Å². The zero-order valence-corrected chi connectivity index (χ0v) is 10.1. The molecule has 0 aliphatic carbocycles. The number of nitrogens with two attached hydrogens (primary N) is 1. The van der Waals surface area contributed by atoms with Gasteiger partial charge in [-0.05, 0) is 24.5 Å². The molecule has 1 unspecified atom stereocenters. The molecule has 2 rings (SSSR count). The van der Waals surface area contributed by atoms with Gasteiger partial charge in [0.1, 0.15) is 0 Å². The van der Waals surface area contributed by atoms with Crippen LogP contribution in [0, 0.1) is 6.92 Å². The normalized spacial score (nSPS) is 17.8. The number of benzene rings is 1. The minimum absolute atomic E-state index is 0.151. The summed E-state index contributed by atoms with van der Waals surface area (Å²) >= 11 is 0. The minimum atomic E-state index is -0.250. The number of carbonyl (C=O) groups is 1. The summed E-state index contributed by atoms with van der Waals surface area (Å²) < 4.78 is 4.99. The van der Waals surface area contributed by atoms with Gasteiger partial charge in [0, 0.05) is 19.1 Å².